The summed E-state index contributed by atoms with van der Waals surface area (Å²) in [7, 11) is 1.61. The molecule has 0 aromatic heterocycles. The number of carbonyl (C=O) groups is 1. The van der Waals surface area contributed by atoms with E-state index in [2.05, 4.69) is 5.32 Å². The first kappa shape index (κ1) is 14.7. The Hall–Kier alpha value is -0.300. The Bertz CT molecular complexity index is 185. The molecule has 0 aliphatic carbocycles. The van der Waals surface area contributed by atoms with Crippen LogP contribution in [0, 0.1) is 0 Å². The molecule has 0 heterocycles. The molecule has 0 fully saturated rings. The lowest BCUT2D eigenvalue weighted by molar-refractivity contribution is -0.121. The Morgan fingerprint density at radius 1 is 1.47 bits per heavy atom. The summed E-state index contributed by atoms with van der Waals surface area (Å²) < 4.78 is 4.83. The van der Waals surface area contributed by atoms with E-state index in [9.17, 15) is 4.79 Å². The molecule has 6 heteroatoms. The minimum Gasteiger partial charge on any atom is -0.394 e. The molecule has 0 unspecified atom stereocenters. The number of methoxy groups -OCH3 is 1. The van der Waals surface area contributed by atoms with Gasteiger partial charge in [-0.1, -0.05) is 0 Å². The number of carbonyl (C=O) groups excluding carboxylic acids is 1. The van der Waals surface area contributed by atoms with Gasteiger partial charge in [-0.05, 0) is 6.92 Å². The van der Waals surface area contributed by atoms with Crippen LogP contribution in [-0.4, -0.2) is 60.1 Å². The lowest BCUT2D eigenvalue weighted by Gasteiger charge is -2.26. The fourth-order valence-electron chi connectivity index (χ4n) is 0.809. The third kappa shape index (κ3) is 6.72. The predicted octanol–water partition coefficient (Wildman–Crippen LogP) is -0.774. The van der Waals surface area contributed by atoms with Crippen LogP contribution in [0.2, 0.25) is 0 Å². The van der Waals surface area contributed by atoms with Crippen LogP contribution in [0.15, 0.2) is 0 Å². The van der Waals surface area contributed by atoms with Crippen molar-refractivity contribution in [3.63, 3.8) is 0 Å². The van der Waals surface area contributed by atoms with Gasteiger partial charge in [0.2, 0.25) is 5.91 Å². The SMILES string of the molecule is COCCSCC(=O)NC(C)(CO)CO. The number of thioether (sulfide) groups is 1. The number of hydrogen-bond donors (Lipinski definition) is 3. The summed E-state index contributed by atoms with van der Waals surface area (Å²) >= 11 is 1.45. The Morgan fingerprint density at radius 2 is 2.07 bits per heavy atom. The highest BCUT2D eigenvalue weighted by Crippen LogP contribution is 2.03. The molecule has 0 spiro atoms. The van der Waals surface area contributed by atoms with Crippen molar-refractivity contribution in [3.05, 3.63) is 0 Å². The van der Waals surface area contributed by atoms with E-state index in [4.69, 9.17) is 14.9 Å². The van der Waals surface area contributed by atoms with Gasteiger partial charge in [0.1, 0.15) is 0 Å². The number of hydrogen-bond acceptors (Lipinski definition) is 5. The molecule has 0 aromatic carbocycles. The van der Waals surface area contributed by atoms with Gasteiger partial charge in [-0.15, -0.1) is 11.8 Å². The summed E-state index contributed by atoms with van der Waals surface area (Å²) in [5.41, 5.74) is -0.932. The van der Waals surface area contributed by atoms with Crippen LogP contribution in [0.25, 0.3) is 0 Å². The van der Waals surface area contributed by atoms with Gasteiger partial charge in [0.05, 0.1) is 31.1 Å². The molecule has 0 atom stereocenters. The summed E-state index contributed by atoms with van der Waals surface area (Å²) in [6, 6.07) is 0. The highest BCUT2D eigenvalue weighted by atomic mass is 32.2. The van der Waals surface area contributed by atoms with E-state index < -0.39 is 5.54 Å². The van der Waals surface area contributed by atoms with E-state index in [1.807, 2.05) is 0 Å². The molecule has 1 amide bonds. The van der Waals surface area contributed by atoms with Crippen molar-refractivity contribution in [2.24, 2.45) is 0 Å². The molecule has 0 saturated carbocycles. The van der Waals surface area contributed by atoms with Gasteiger partial charge in [-0.2, -0.15) is 0 Å². The number of ether oxygens (including phenoxy) is 1. The van der Waals surface area contributed by atoms with Gasteiger partial charge in [0.25, 0.3) is 0 Å². The molecule has 15 heavy (non-hydrogen) atoms. The van der Waals surface area contributed by atoms with Crippen molar-refractivity contribution in [1.82, 2.24) is 5.32 Å². The van der Waals surface area contributed by atoms with Crippen molar-refractivity contribution in [1.29, 1.82) is 0 Å². The molecule has 0 aliphatic heterocycles. The number of nitrogens with one attached hydrogen (secondary N) is 1. The monoisotopic (exact) mass is 237 g/mol. The van der Waals surface area contributed by atoms with Crippen LogP contribution in [0.3, 0.4) is 0 Å². The summed E-state index contributed by atoms with van der Waals surface area (Å²) in [6.45, 7) is 1.63. The molecule has 0 rings (SSSR count). The van der Waals surface area contributed by atoms with Crippen molar-refractivity contribution >= 4 is 17.7 Å². The predicted molar refractivity (Wildman–Crippen MR) is 59.9 cm³/mol. The van der Waals surface area contributed by atoms with E-state index in [0.717, 1.165) is 5.75 Å². The highest BCUT2D eigenvalue weighted by Gasteiger charge is 2.24. The molecular formula is C9H19NO4S. The van der Waals surface area contributed by atoms with Crippen LogP contribution in [0.1, 0.15) is 6.92 Å². The first-order valence-electron chi connectivity index (χ1n) is 4.67. The molecule has 0 aliphatic rings. The molecule has 90 valence electrons. The average Bonchev–Trinajstić information content (AvgIpc) is 2.24. The summed E-state index contributed by atoms with van der Waals surface area (Å²) in [5.74, 6) is 0.861. The number of amides is 1. The topological polar surface area (TPSA) is 78.8 Å². The molecule has 0 aromatic rings. The van der Waals surface area contributed by atoms with Crippen molar-refractivity contribution in [3.8, 4) is 0 Å². The number of aliphatic hydroxyl groups excluding tert-OH is 2. The first-order valence-corrected chi connectivity index (χ1v) is 5.83. The largest absolute Gasteiger partial charge is 0.394 e. The molecule has 0 saturated heterocycles. The van der Waals surface area contributed by atoms with E-state index in [1.165, 1.54) is 11.8 Å². The zero-order chi connectivity index (χ0) is 11.7. The molecule has 5 nitrogen and oxygen atoms in total. The van der Waals surface area contributed by atoms with Gasteiger partial charge >= 0.3 is 0 Å². The van der Waals surface area contributed by atoms with Crippen LogP contribution >= 0.6 is 11.8 Å². The molecule has 0 radical (unpaired) electrons. The Morgan fingerprint density at radius 3 is 2.53 bits per heavy atom. The van der Waals surface area contributed by atoms with Gasteiger partial charge in [0, 0.05) is 12.9 Å². The van der Waals surface area contributed by atoms with E-state index in [-0.39, 0.29) is 19.1 Å². The Kier molecular flexibility index (Phi) is 7.76. The van der Waals surface area contributed by atoms with Gasteiger partial charge in [-0.3, -0.25) is 4.79 Å². The maximum atomic E-state index is 11.3. The molecular weight excluding hydrogens is 218 g/mol. The lowest BCUT2D eigenvalue weighted by atomic mass is 10.1. The number of aliphatic hydroxyl groups is 2. The third-order valence-electron chi connectivity index (χ3n) is 1.80. The minimum absolute atomic E-state index is 0.193. The van der Waals surface area contributed by atoms with Gasteiger partial charge < -0.3 is 20.3 Å². The Balaban J connectivity index is 3.72. The van der Waals surface area contributed by atoms with Crippen LogP contribution in [-0.2, 0) is 9.53 Å². The smallest absolute Gasteiger partial charge is 0.230 e. The van der Waals surface area contributed by atoms with E-state index in [0.29, 0.717) is 12.4 Å². The fraction of sp³-hybridized carbons (Fsp3) is 0.889. The van der Waals surface area contributed by atoms with Gasteiger partial charge in [-0.25, -0.2) is 0 Å². The quantitative estimate of drug-likeness (QED) is 0.483. The fourth-order valence-corrected chi connectivity index (χ4v) is 1.50. The second-order valence-corrected chi connectivity index (χ2v) is 4.58. The van der Waals surface area contributed by atoms with Crippen molar-refractivity contribution in [2.75, 3.05) is 38.4 Å². The Labute approximate surface area is 94.2 Å². The second-order valence-electron chi connectivity index (χ2n) is 3.47. The second kappa shape index (κ2) is 7.92. The van der Waals surface area contributed by atoms with Gasteiger partial charge in [0.15, 0.2) is 0 Å². The van der Waals surface area contributed by atoms with Crippen LogP contribution in [0.4, 0.5) is 0 Å². The maximum absolute atomic E-state index is 11.3. The van der Waals surface area contributed by atoms with E-state index in [1.54, 1.807) is 14.0 Å². The summed E-state index contributed by atoms with van der Waals surface area (Å²) in [5, 5.41) is 20.5. The zero-order valence-electron chi connectivity index (χ0n) is 9.15. The van der Waals surface area contributed by atoms with Crippen molar-refractivity contribution < 1.29 is 19.7 Å². The highest BCUT2D eigenvalue weighted by molar-refractivity contribution is 7.99. The number of rotatable bonds is 8. The third-order valence-corrected chi connectivity index (χ3v) is 2.73. The zero-order valence-corrected chi connectivity index (χ0v) is 9.97. The summed E-state index contributed by atoms with van der Waals surface area (Å²) in [6.07, 6.45) is 0. The maximum Gasteiger partial charge on any atom is 0.230 e. The van der Waals surface area contributed by atoms with Crippen LogP contribution < -0.4 is 5.32 Å². The van der Waals surface area contributed by atoms with Crippen LogP contribution in [0.5, 0.6) is 0 Å². The first-order chi connectivity index (χ1) is 7.08. The molecule has 3 N–H and O–H groups in total. The summed E-state index contributed by atoms with van der Waals surface area (Å²) in [4.78, 5) is 11.3. The normalized spacial score (nSPS) is 11.5. The standard InChI is InChI=1S/C9H19NO4S/c1-9(6-11,7-12)10-8(13)5-15-4-3-14-2/h11-12H,3-7H2,1-2H3,(H,10,13). The van der Waals surface area contributed by atoms with Crippen molar-refractivity contribution in [2.45, 2.75) is 12.5 Å². The van der Waals surface area contributed by atoms with E-state index >= 15 is 0 Å². The minimum atomic E-state index is -0.932. The lowest BCUT2D eigenvalue weighted by Crippen LogP contribution is -2.52. The molecule has 0 bridgehead atoms. The average molecular weight is 237 g/mol.